The largest absolute Gasteiger partial charge is 0.470 e. The number of pyridine rings is 1. The fraction of sp³-hybridized carbons (Fsp3) is 0.292. The van der Waals surface area contributed by atoms with Crippen molar-refractivity contribution in [2.75, 3.05) is 6.54 Å². The second kappa shape index (κ2) is 11.1. The zero-order valence-electron chi connectivity index (χ0n) is 19.2. The lowest BCUT2D eigenvalue weighted by atomic mass is 10.2. The first-order valence-electron chi connectivity index (χ1n) is 10.5. The SMILES string of the molecule is C#CCN(/C=C(\C=C)c1ccc(OCc2c(C)nnn2-c2ccc(C(F)F)cn2)nn1)C(C)C. The van der Waals surface area contributed by atoms with E-state index in [4.69, 9.17) is 11.2 Å². The first kappa shape index (κ1) is 24.5. The lowest BCUT2D eigenvalue weighted by Crippen LogP contribution is -2.26. The fourth-order valence-corrected chi connectivity index (χ4v) is 2.96. The second-order valence-corrected chi connectivity index (χ2v) is 7.59. The monoisotopic (exact) mass is 465 g/mol. The normalized spacial score (nSPS) is 11.5. The zero-order valence-corrected chi connectivity index (χ0v) is 19.2. The molecule has 0 aliphatic carbocycles. The molecule has 0 radical (unpaired) electrons. The molecule has 0 atom stereocenters. The molecule has 0 saturated carbocycles. The molecule has 3 heterocycles. The molecule has 0 aliphatic heterocycles. The minimum Gasteiger partial charge on any atom is -0.470 e. The third-order valence-corrected chi connectivity index (χ3v) is 4.95. The lowest BCUT2D eigenvalue weighted by molar-refractivity contribution is 0.151. The van der Waals surface area contributed by atoms with Crippen LogP contribution in [0.4, 0.5) is 8.78 Å². The van der Waals surface area contributed by atoms with E-state index in [1.165, 1.54) is 16.8 Å². The Morgan fingerprint density at radius 3 is 2.59 bits per heavy atom. The van der Waals surface area contributed by atoms with E-state index in [2.05, 4.69) is 38.0 Å². The molecule has 3 aromatic rings. The summed E-state index contributed by atoms with van der Waals surface area (Å²) in [6.07, 6.45) is 7.57. The number of rotatable bonds is 10. The molecule has 0 aliphatic rings. The summed E-state index contributed by atoms with van der Waals surface area (Å²) >= 11 is 0. The standard InChI is InChI=1S/C24H25F2N7O/c1-6-12-32(16(3)4)14-18(7-2)20-9-11-23(30-29-20)34-15-21-17(5)28-31-33(21)22-10-8-19(13-27-22)24(25)26/h1,7-11,13-14,16,24H,2,12,15H2,3-5H3/b18-14+. The average Bonchev–Trinajstić information content (AvgIpc) is 3.21. The van der Waals surface area contributed by atoms with E-state index < -0.39 is 6.43 Å². The predicted octanol–water partition coefficient (Wildman–Crippen LogP) is 4.15. The predicted molar refractivity (Wildman–Crippen MR) is 124 cm³/mol. The maximum atomic E-state index is 12.8. The molecule has 0 amide bonds. The van der Waals surface area contributed by atoms with Crippen LogP contribution in [0.2, 0.25) is 0 Å². The van der Waals surface area contributed by atoms with Gasteiger partial charge in [0.05, 0.1) is 17.9 Å². The minimum absolute atomic E-state index is 0.0819. The number of terminal acetylenes is 1. The van der Waals surface area contributed by atoms with Crippen LogP contribution in [-0.4, -0.2) is 47.7 Å². The summed E-state index contributed by atoms with van der Waals surface area (Å²) in [6.45, 7) is 10.3. The topological polar surface area (TPSA) is 81.9 Å². The first-order chi connectivity index (χ1) is 16.3. The van der Waals surface area contributed by atoms with Crippen molar-refractivity contribution in [1.29, 1.82) is 0 Å². The quantitative estimate of drug-likeness (QED) is 0.329. The zero-order chi connectivity index (χ0) is 24.7. The Balaban J connectivity index is 1.74. The molecular formula is C24H25F2N7O. The third kappa shape index (κ3) is 5.81. The number of allylic oxidation sites excluding steroid dienone is 2. The van der Waals surface area contributed by atoms with Gasteiger partial charge in [-0.05, 0) is 39.0 Å². The van der Waals surface area contributed by atoms with Crippen molar-refractivity contribution in [3.05, 3.63) is 72.0 Å². The van der Waals surface area contributed by atoms with E-state index in [0.717, 1.165) is 11.8 Å². The number of aryl methyl sites for hydroxylation is 1. The van der Waals surface area contributed by atoms with Crippen LogP contribution in [0.15, 0.2) is 49.3 Å². The van der Waals surface area contributed by atoms with Crippen LogP contribution >= 0.6 is 0 Å². The highest BCUT2D eigenvalue weighted by Crippen LogP contribution is 2.20. The molecule has 0 saturated heterocycles. The highest BCUT2D eigenvalue weighted by atomic mass is 19.3. The van der Waals surface area contributed by atoms with E-state index in [1.54, 1.807) is 25.1 Å². The molecule has 8 nitrogen and oxygen atoms in total. The van der Waals surface area contributed by atoms with Gasteiger partial charge in [0.25, 0.3) is 6.43 Å². The summed E-state index contributed by atoms with van der Waals surface area (Å²) in [4.78, 5) is 6.06. The molecule has 0 spiro atoms. The third-order valence-electron chi connectivity index (χ3n) is 4.95. The smallest absolute Gasteiger partial charge is 0.265 e. The van der Waals surface area contributed by atoms with Gasteiger partial charge in [-0.2, -0.15) is 4.68 Å². The lowest BCUT2D eigenvalue weighted by Gasteiger charge is -2.23. The fourth-order valence-electron chi connectivity index (χ4n) is 2.96. The number of nitrogens with zero attached hydrogens (tertiary/aromatic N) is 7. The van der Waals surface area contributed by atoms with Gasteiger partial charge in [0.15, 0.2) is 5.82 Å². The van der Waals surface area contributed by atoms with Crippen molar-refractivity contribution in [1.82, 2.24) is 35.1 Å². The molecular weight excluding hydrogens is 440 g/mol. The van der Waals surface area contributed by atoms with E-state index in [0.29, 0.717) is 35.3 Å². The number of aromatic nitrogens is 6. The highest BCUT2D eigenvalue weighted by molar-refractivity contribution is 5.70. The van der Waals surface area contributed by atoms with Crippen molar-refractivity contribution < 1.29 is 13.5 Å². The summed E-state index contributed by atoms with van der Waals surface area (Å²) in [5.41, 5.74) is 2.45. The Labute approximate surface area is 197 Å². The van der Waals surface area contributed by atoms with E-state index in [1.807, 2.05) is 24.9 Å². The van der Waals surface area contributed by atoms with Crippen molar-refractivity contribution >= 4 is 5.57 Å². The van der Waals surface area contributed by atoms with Gasteiger partial charge >= 0.3 is 0 Å². The van der Waals surface area contributed by atoms with Crippen molar-refractivity contribution in [3.63, 3.8) is 0 Å². The van der Waals surface area contributed by atoms with Gasteiger partial charge < -0.3 is 9.64 Å². The molecule has 176 valence electrons. The number of ether oxygens (including phenoxy) is 1. The van der Waals surface area contributed by atoms with Gasteiger partial charge in [0.2, 0.25) is 5.88 Å². The molecule has 0 bridgehead atoms. The van der Waals surface area contributed by atoms with Gasteiger partial charge in [0, 0.05) is 35.6 Å². The molecule has 0 N–H and O–H groups in total. The molecule has 34 heavy (non-hydrogen) atoms. The Hall–Kier alpha value is -4.13. The van der Waals surface area contributed by atoms with Gasteiger partial charge in [-0.25, -0.2) is 13.8 Å². The molecule has 0 fully saturated rings. The summed E-state index contributed by atoms with van der Waals surface area (Å²) in [5, 5.41) is 16.5. The van der Waals surface area contributed by atoms with Crippen LogP contribution in [0.3, 0.4) is 0 Å². The van der Waals surface area contributed by atoms with Crippen molar-refractivity contribution in [2.24, 2.45) is 0 Å². The first-order valence-corrected chi connectivity index (χ1v) is 10.5. The van der Waals surface area contributed by atoms with Gasteiger partial charge in [-0.1, -0.05) is 23.8 Å². The Morgan fingerprint density at radius 2 is 2.03 bits per heavy atom. The van der Waals surface area contributed by atoms with E-state index in [-0.39, 0.29) is 18.2 Å². The number of hydrogen-bond acceptors (Lipinski definition) is 7. The highest BCUT2D eigenvalue weighted by Gasteiger charge is 2.15. The summed E-state index contributed by atoms with van der Waals surface area (Å²) in [5.74, 6) is 3.29. The molecule has 10 heteroatoms. The number of halogens is 2. The Kier molecular flexibility index (Phi) is 8.03. The maximum Gasteiger partial charge on any atom is 0.265 e. The molecule has 3 rings (SSSR count). The molecule has 0 aromatic carbocycles. The van der Waals surface area contributed by atoms with E-state index in [9.17, 15) is 8.78 Å². The minimum atomic E-state index is -2.59. The van der Waals surface area contributed by atoms with E-state index >= 15 is 0 Å². The summed E-state index contributed by atoms with van der Waals surface area (Å²) in [6, 6.07) is 6.44. The van der Waals surface area contributed by atoms with Crippen molar-refractivity contribution in [3.8, 4) is 24.0 Å². The van der Waals surface area contributed by atoms with Crippen LogP contribution in [0.1, 0.15) is 42.9 Å². The number of hydrogen-bond donors (Lipinski definition) is 0. The number of alkyl halides is 2. The van der Waals surface area contributed by atoms with Gasteiger partial charge in [0.1, 0.15) is 12.3 Å². The maximum absolute atomic E-state index is 12.8. The molecule has 0 unspecified atom stereocenters. The van der Waals surface area contributed by atoms with Crippen LogP contribution in [0.5, 0.6) is 5.88 Å². The van der Waals surface area contributed by atoms with Crippen LogP contribution in [0, 0.1) is 19.3 Å². The van der Waals surface area contributed by atoms with Crippen LogP contribution in [0.25, 0.3) is 11.4 Å². The summed E-state index contributed by atoms with van der Waals surface area (Å²) < 4.78 is 32.8. The Bertz CT molecular complexity index is 1180. The molecule has 3 aromatic heterocycles. The van der Waals surface area contributed by atoms with Crippen molar-refractivity contribution in [2.45, 2.75) is 39.8 Å². The second-order valence-electron chi connectivity index (χ2n) is 7.59. The van der Waals surface area contributed by atoms with Crippen LogP contribution < -0.4 is 4.74 Å². The van der Waals surface area contributed by atoms with Gasteiger partial charge in [-0.3, -0.25) is 0 Å². The van der Waals surface area contributed by atoms with Crippen LogP contribution in [-0.2, 0) is 6.61 Å². The average molecular weight is 466 g/mol. The van der Waals surface area contributed by atoms with Gasteiger partial charge in [-0.15, -0.1) is 21.7 Å². The Morgan fingerprint density at radius 1 is 1.24 bits per heavy atom. The summed E-state index contributed by atoms with van der Waals surface area (Å²) in [7, 11) is 0.